The molecule has 4 nitrogen and oxygen atoms in total. The molecule has 2 heterocycles. The highest BCUT2D eigenvalue weighted by atomic mass is 79.9. The van der Waals surface area contributed by atoms with Gasteiger partial charge in [-0.1, -0.05) is 0 Å². The van der Waals surface area contributed by atoms with Gasteiger partial charge in [0.15, 0.2) is 5.82 Å². The molecule has 0 aromatic carbocycles. The van der Waals surface area contributed by atoms with E-state index in [1.54, 1.807) is 12.4 Å². The van der Waals surface area contributed by atoms with Gasteiger partial charge < -0.3 is 0 Å². The minimum absolute atomic E-state index is 0.328. The van der Waals surface area contributed by atoms with Crippen LogP contribution in [0.5, 0.6) is 0 Å². The van der Waals surface area contributed by atoms with Crippen molar-refractivity contribution in [3.05, 3.63) is 28.8 Å². The van der Waals surface area contributed by atoms with E-state index in [1.165, 1.54) is 0 Å². The summed E-state index contributed by atoms with van der Waals surface area (Å²) < 4.78 is 0.896. The van der Waals surface area contributed by atoms with E-state index < -0.39 is 0 Å². The Balaban J connectivity index is 2.39. The molecule has 2 rings (SSSR count). The van der Waals surface area contributed by atoms with Crippen LogP contribution in [0.2, 0.25) is 0 Å². The second-order valence-electron chi connectivity index (χ2n) is 2.63. The number of aromatic amines is 1. The van der Waals surface area contributed by atoms with Crippen LogP contribution in [-0.4, -0.2) is 20.2 Å². The summed E-state index contributed by atoms with van der Waals surface area (Å²) in [6, 6.07) is 1.90. The molecule has 0 amide bonds. The first-order valence-corrected chi connectivity index (χ1v) is 5.20. The molecule has 0 saturated carbocycles. The van der Waals surface area contributed by atoms with Crippen molar-refractivity contribution in [2.45, 2.75) is 5.88 Å². The molecule has 0 aliphatic carbocycles. The van der Waals surface area contributed by atoms with Gasteiger partial charge in [-0.15, -0.1) is 11.6 Å². The lowest BCUT2D eigenvalue weighted by atomic mass is 10.3. The number of hydrogen-bond donors (Lipinski definition) is 1. The highest BCUT2D eigenvalue weighted by molar-refractivity contribution is 9.10. The van der Waals surface area contributed by atoms with Crippen molar-refractivity contribution in [2.24, 2.45) is 0 Å². The third kappa shape index (κ3) is 1.93. The highest BCUT2D eigenvalue weighted by Gasteiger charge is 2.05. The molecule has 1 N–H and O–H groups in total. The van der Waals surface area contributed by atoms with Crippen molar-refractivity contribution in [3.8, 4) is 11.4 Å². The van der Waals surface area contributed by atoms with Crippen LogP contribution >= 0.6 is 27.5 Å². The Bertz CT molecular complexity index is 442. The van der Waals surface area contributed by atoms with Crippen LogP contribution in [-0.2, 0) is 5.88 Å². The highest BCUT2D eigenvalue weighted by Crippen LogP contribution is 2.18. The number of nitrogens with zero attached hydrogens (tertiary/aromatic N) is 3. The fourth-order valence-corrected chi connectivity index (χ4v) is 1.50. The Labute approximate surface area is 93.9 Å². The molecule has 0 unspecified atom stereocenters. The molecule has 0 atom stereocenters. The van der Waals surface area contributed by atoms with Gasteiger partial charge >= 0.3 is 0 Å². The number of alkyl halides is 1. The number of aromatic nitrogens is 4. The number of nitrogens with one attached hydrogen (secondary N) is 1. The van der Waals surface area contributed by atoms with Gasteiger partial charge in [-0.25, -0.2) is 4.98 Å². The standard InChI is InChI=1S/C8H6BrClN4/c9-6-1-5(3-11-4-6)8-12-7(2-10)13-14-8/h1,3-4H,2H2,(H,12,13,14). The van der Waals surface area contributed by atoms with Crippen molar-refractivity contribution in [1.29, 1.82) is 0 Å². The molecule has 0 saturated heterocycles. The van der Waals surface area contributed by atoms with Crippen LogP contribution in [0.1, 0.15) is 5.82 Å². The van der Waals surface area contributed by atoms with Crippen LogP contribution in [0.3, 0.4) is 0 Å². The zero-order valence-corrected chi connectivity index (χ0v) is 9.38. The number of hydrogen-bond acceptors (Lipinski definition) is 3. The van der Waals surface area contributed by atoms with Gasteiger partial charge in [0.25, 0.3) is 0 Å². The molecule has 0 fully saturated rings. The molecular formula is C8H6BrClN4. The van der Waals surface area contributed by atoms with Crippen LogP contribution in [0.25, 0.3) is 11.4 Å². The second-order valence-corrected chi connectivity index (χ2v) is 3.81. The average Bonchev–Trinajstić information content (AvgIpc) is 2.66. The quantitative estimate of drug-likeness (QED) is 0.855. The lowest BCUT2D eigenvalue weighted by Crippen LogP contribution is -1.83. The van der Waals surface area contributed by atoms with Gasteiger partial charge in [-0.2, -0.15) is 5.10 Å². The van der Waals surface area contributed by atoms with Crippen molar-refractivity contribution in [2.75, 3.05) is 0 Å². The summed E-state index contributed by atoms with van der Waals surface area (Å²) in [6.45, 7) is 0. The average molecular weight is 274 g/mol. The van der Waals surface area contributed by atoms with E-state index >= 15 is 0 Å². The third-order valence-corrected chi connectivity index (χ3v) is 2.31. The summed E-state index contributed by atoms with van der Waals surface area (Å²) in [4.78, 5) is 8.20. The van der Waals surface area contributed by atoms with Gasteiger partial charge in [0.2, 0.25) is 0 Å². The molecule has 6 heteroatoms. The van der Waals surface area contributed by atoms with Crippen molar-refractivity contribution in [1.82, 2.24) is 20.2 Å². The fraction of sp³-hybridized carbons (Fsp3) is 0.125. The van der Waals surface area contributed by atoms with E-state index in [9.17, 15) is 0 Å². The van der Waals surface area contributed by atoms with Gasteiger partial charge in [-0.05, 0) is 22.0 Å². The summed E-state index contributed by atoms with van der Waals surface area (Å²) in [5.41, 5.74) is 0.854. The maximum Gasteiger partial charge on any atom is 0.182 e. The third-order valence-electron chi connectivity index (χ3n) is 1.62. The van der Waals surface area contributed by atoms with E-state index in [0.29, 0.717) is 17.5 Å². The molecular weight excluding hydrogens is 267 g/mol. The van der Waals surface area contributed by atoms with E-state index in [2.05, 4.69) is 36.1 Å². The molecule has 0 spiro atoms. The molecule has 0 radical (unpaired) electrons. The normalized spacial score (nSPS) is 10.4. The molecule has 2 aromatic heterocycles. The van der Waals surface area contributed by atoms with Gasteiger partial charge in [-0.3, -0.25) is 10.1 Å². The van der Waals surface area contributed by atoms with E-state index in [4.69, 9.17) is 11.6 Å². The first-order valence-electron chi connectivity index (χ1n) is 3.88. The van der Waals surface area contributed by atoms with Gasteiger partial charge in [0.1, 0.15) is 5.82 Å². The SMILES string of the molecule is ClCc1nc(-c2cncc(Br)c2)n[nH]1. The summed E-state index contributed by atoms with van der Waals surface area (Å²) in [5, 5.41) is 6.75. The minimum atomic E-state index is 0.328. The zero-order valence-electron chi connectivity index (χ0n) is 7.04. The largest absolute Gasteiger partial charge is 0.263 e. The lowest BCUT2D eigenvalue weighted by molar-refractivity contribution is 1.02. The topological polar surface area (TPSA) is 54.5 Å². The molecule has 72 valence electrons. The molecule has 14 heavy (non-hydrogen) atoms. The summed E-state index contributed by atoms with van der Waals surface area (Å²) in [5.74, 6) is 1.59. The van der Waals surface area contributed by atoms with Crippen molar-refractivity contribution in [3.63, 3.8) is 0 Å². The second kappa shape index (κ2) is 4.06. The molecule has 0 bridgehead atoms. The number of pyridine rings is 1. The maximum atomic E-state index is 5.60. The molecule has 2 aromatic rings. The minimum Gasteiger partial charge on any atom is -0.263 e. The Morgan fingerprint density at radius 1 is 1.43 bits per heavy atom. The Hall–Kier alpha value is -0.940. The first-order chi connectivity index (χ1) is 6.79. The Morgan fingerprint density at radius 3 is 2.93 bits per heavy atom. The summed E-state index contributed by atoms with van der Waals surface area (Å²) >= 11 is 8.93. The van der Waals surface area contributed by atoms with Crippen LogP contribution in [0.15, 0.2) is 22.9 Å². The fourth-order valence-electron chi connectivity index (χ4n) is 1.02. The Kier molecular flexibility index (Phi) is 2.79. The zero-order chi connectivity index (χ0) is 9.97. The lowest BCUT2D eigenvalue weighted by Gasteiger charge is -1.93. The first kappa shape index (κ1) is 9.61. The van der Waals surface area contributed by atoms with Crippen molar-refractivity contribution >= 4 is 27.5 Å². The molecule has 0 aliphatic rings. The monoisotopic (exact) mass is 272 g/mol. The molecule has 0 aliphatic heterocycles. The van der Waals surface area contributed by atoms with Crippen LogP contribution in [0.4, 0.5) is 0 Å². The maximum absolute atomic E-state index is 5.60. The smallest absolute Gasteiger partial charge is 0.182 e. The number of halogens is 2. The van der Waals surface area contributed by atoms with E-state index in [0.717, 1.165) is 10.0 Å². The van der Waals surface area contributed by atoms with Crippen molar-refractivity contribution < 1.29 is 0 Å². The van der Waals surface area contributed by atoms with Crippen LogP contribution < -0.4 is 0 Å². The van der Waals surface area contributed by atoms with E-state index in [1.807, 2.05) is 6.07 Å². The Morgan fingerprint density at radius 2 is 2.29 bits per heavy atom. The van der Waals surface area contributed by atoms with Gasteiger partial charge in [0.05, 0.1) is 5.88 Å². The number of rotatable bonds is 2. The van der Waals surface area contributed by atoms with Gasteiger partial charge in [0, 0.05) is 22.4 Å². The van der Waals surface area contributed by atoms with Crippen LogP contribution in [0, 0.1) is 0 Å². The predicted octanol–water partition coefficient (Wildman–Crippen LogP) is 2.37. The summed E-state index contributed by atoms with van der Waals surface area (Å²) in [6.07, 6.45) is 3.41. The van der Waals surface area contributed by atoms with E-state index in [-0.39, 0.29) is 0 Å². The summed E-state index contributed by atoms with van der Waals surface area (Å²) in [7, 11) is 0. The predicted molar refractivity (Wildman–Crippen MR) is 56.9 cm³/mol. The number of H-pyrrole nitrogens is 1.